The van der Waals surface area contributed by atoms with Crippen LogP contribution in [0, 0.1) is 0 Å². The van der Waals surface area contributed by atoms with Crippen LogP contribution in [0.15, 0.2) is 60.7 Å². The lowest BCUT2D eigenvalue weighted by Crippen LogP contribution is -2.60. The highest BCUT2D eigenvalue weighted by atomic mass is 33.1. The number of carbonyl (C=O) groups excluding carboxylic acids is 2. The smallest absolute Gasteiger partial charge is 0.316 e. The first-order valence-electron chi connectivity index (χ1n) is 14.0. The molecule has 0 aromatic heterocycles. The molecular formula is C29H36O14S2. The molecule has 0 radical (unpaired) electrons. The van der Waals surface area contributed by atoms with Gasteiger partial charge in [-0.05, 0) is 17.7 Å². The van der Waals surface area contributed by atoms with E-state index in [0.717, 1.165) is 27.2 Å². The SMILES string of the molecule is O=C(CSSCC(=O)OC[C@H]1O[C@@H](Oc2ccccc2)[C@H](O)[C@@H](O)[C@@H]1O)OC[C@H]1O[C@H](OCc2ccccc2)[C@@H](O)[C@@H](O)[C@@H]1O. The van der Waals surface area contributed by atoms with E-state index >= 15 is 0 Å². The second-order valence-electron chi connectivity index (χ2n) is 10.1. The summed E-state index contributed by atoms with van der Waals surface area (Å²) in [5, 5.41) is 61.4. The number of ether oxygens (including phenoxy) is 6. The highest BCUT2D eigenvalue weighted by molar-refractivity contribution is 8.77. The Balaban J connectivity index is 1.13. The normalized spacial score (nSPS) is 31.6. The van der Waals surface area contributed by atoms with E-state index in [4.69, 9.17) is 28.4 Å². The fraction of sp³-hybridized carbons (Fsp3) is 0.517. The maximum atomic E-state index is 12.2. The largest absolute Gasteiger partial charge is 0.462 e. The van der Waals surface area contributed by atoms with Crippen LogP contribution in [-0.4, -0.2) is 129 Å². The number of carbonyl (C=O) groups is 2. The topological polar surface area (TPSA) is 211 Å². The lowest BCUT2D eigenvalue weighted by Gasteiger charge is -2.39. The van der Waals surface area contributed by atoms with E-state index in [2.05, 4.69) is 0 Å². The third kappa shape index (κ3) is 10.3. The van der Waals surface area contributed by atoms with Gasteiger partial charge in [-0.3, -0.25) is 9.59 Å². The van der Waals surface area contributed by atoms with Crippen LogP contribution >= 0.6 is 21.6 Å². The van der Waals surface area contributed by atoms with Gasteiger partial charge >= 0.3 is 11.9 Å². The second kappa shape index (κ2) is 17.4. The predicted molar refractivity (Wildman–Crippen MR) is 158 cm³/mol. The van der Waals surface area contributed by atoms with Crippen molar-refractivity contribution in [3.05, 3.63) is 66.2 Å². The van der Waals surface area contributed by atoms with Crippen molar-refractivity contribution in [2.75, 3.05) is 24.7 Å². The number of aliphatic hydroxyl groups is 6. The Labute approximate surface area is 266 Å². The van der Waals surface area contributed by atoms with Crippen molar-refractivity contribution in [3.63, 3.8) is 0 Å². The van der Waals surface area contributed by atoms with E-state index in [1.807, 2.05) is 18.2 Å². The Bertz CT molecular complexity index is 1190. The van der Waals surface area contributed by atoms with E-state index in [1.54, 1.807) is 42.5 Å². The van der Waals surface area contributed by atoms with Crippen LogP contribution in [0.5, 0.6) is 5.75 Å². The summed E-state index contributed by atoms with van der Waals surface area (Å²) in [5.74, 6) is -1.36. The van der Waals surface area contributed by atoms with Gasteiger partial charge in [0.05, 0.1) is 6.61 Å². The number of hydrogen-bond acceptors (Lipinski definition) is 16. The third-order valence-corrected chi connectivity index (χ3v) is 8.92. The highest BCUT2D eigenvalue weighted by Crippen LogP contribution is 2.27. The summed E-state index contributed by atoms with van der Waals surface area (Å²) in [6.07, 6.45) is -14.2. The van der Waals surface area contributed by atoms with Crippen LogP contribution < -0.4 is 4.74 Å². The van der Waals surface area contributed by atoms with E-state index in [1.165, 1.54) is 0 Å². The van der Waals surface area contributed by atoms with Gasteiger partial charge in [-0.15, -0.1) is 0 Å². The molecule has 2 saturated heterocycles. The van der Waals surface area contributed by atoms with Crippen molar-refractivity contribution in [1.82, 2.24) is 0 Å². The second-order valence-corrected chi connectivity index (χ2v) is 12.6. The number of hydrogen-bond donors (Lipinski definition) is 6. The summed E-state index contributed by atoms with van der Waals surface area (Å²) in [7, 11) is 2.00. The van der Waals surface area contributed by atoms with E-state index < -0.39 is 86.6 Å². The summed E-state index contributed by atoms with van der Waals surface area (Å²) in [4.78, 5) is 24.4. The average molecular weight is 673 g/mol. The molecule has 4 rings (SSSR count). The molecule has 0 aliphatic carbocycles. The monoisotopic (exact) mass is 672 g/mol. The van der Waals surface area contributed by atoms with Crippen molar-refractivity contribution in [2.45, 2.75) is 68.0 Å². The van der Waals surface area contributed by atoms with Gasteiger partial charge in [-0.2, -0.15) is 0 Å². The summed E-state index contributed by atoms with van der Waals surface area (Å²) >= 11 is 0. The van der Waals surface area contributed by atoms with E-state index in [-0.39, 0.29) is 18.1 Å². The van der Waals surface area contributed by atoms with Crippen LogP contribution in [0.4, 0.5) is 0 Å². The zero-order valence-electron chi connectivity index (χ0n) is 23.8. The van der Waals surface area contributed by atoms with Crippen LogP contribution in [0.2, 0.25) is 0 Å². The molecule has 0 spiro atoms. The molecule has 2 fully saturated rings. The van der Waals surface area contributed by atoms with Crippen LogP contribution in [0.25, 0.3) is 0 Å². The van der Waals surface area contributed by atoms with Gasteiger partial charge in [-0.1, -0.05) is 70.1 Å². The quantitative estimate of drug-likeness (QED) is 0.0838. The molecule has 248 valence electrons. The van der Waals surface area contributed by atoms with Gasteiger partial charge in [0.2, 0.25) is 6.29 Å². The molecule has 2 aliphatic rings. The molecule has 2 heterocycles. The van der Waals surface area contributed by atoms with Crippen molar-refractivity contribution < 1.29 is 68.6 Å². The first-order valence-corrected chi connectivity index (χ1v) is 16.4. The van der Waals surface area contributed by atoms with Crippen molar-refractivity contribution >= 4 is 33.5 Å². The number of aliphatic hydroxyl groups excluding tert-OH is 6. The summed E-state index contributed by atoms with van der Waals surface area (Å²) in [5.41, 5.74) is 0.802. The lowest BCUT2D eigenvalue weighted by atomic mass is 9.99. The van der Waals surface area contributed by atoms with Gasteiger partial charge < -0.3 is 59.1 Å². The fourth-order valence-corrected chi connectivity index (χ4v) is 5.95. The minimum atomic E-state index is -1.60. The number of para-hydroxylation sites is 1. The zero-order valence-corrected chi connectivity index (χ0v) is 25.5. The van der Waals surface area contributed by atoms with Gasteiger partial charge in [-0.25, -0.2) is 0 Å². The highest BCUT2D eigenvalue weighted by Gasteiger charge is 2.46. The minimum absolute atomic E-state index is 0.0801. The molecule has 2 aromatic carbocycles. The molecule has 2 aromatic rings. The molecule has 6 N–H and O–H groups in total. The molecule has 2 aliphatic heterocycles. The number of rotatable bonds is 14. The maximum Gasteiger partial charge on any atom is 0.316 e. The van der Waals surface area contributed by atoms with Crippen molar-refractivity contribution in [3.8, 4) is 5.75 Å². The molecule has 45 heavy (non-hydrogen) atoms. The molecular weight excluding hydrogens is 636 g/mol. The molecule has 0 unspecified atom stereocenters. The summed E-state index contributed by atoms with van der Waals surface area (Å²) < 4.78 is 32.5. The molecule has 0 saturated carbocycles. The first-order chi connectivity index (χ1) is 21.6. The average Bonchev–Trinajstić information content (AvgIpc) is 3.05. The van der Waals surface area contributed by atoms with Crippen molar-refractivity contribution in [2.24, 2.45) is 0 Å². The van der Waals surface area contributed by atoms with E-state index in [9.17, 15) is 40.2 Å². The van der Waals surface area contributed by atoms with Crippen LogP contribution in [0.1, 0.15) is 5.56 Å². The fourth-order valence-electron chi connectivity index (χ4n) is 4.34. The Kier molecular flexibility index (Phi) is 13.7. The standard InChI is InChI=1S/C29H36O14S2/c30-20(38-12-18-22(32)24(34)26(36)28(42-18)40-11-16-7-3-1-4-8-16)14-44-45-15-21(31)39-13-19-23(33)25(35)27(37)29(43-19)41-17-9-5-2-6-10-17/h1-10,18-19,22-29,32-37H,11-15H2/t18-,19-,22-,23-,24+,25+,26+,27-,28+,29-/m1/s1. The summed E-state index contributed by atoms with van der Waals surface area (Å²) in [6.45, 7) is -0.760. The number of esters is 2. The van der Waals surface area contributed by atoms with Crippen molar-refractivity contribution in [1.29, 1.82) is 0 Å². The number of benzene rings is 2. The first kappa shape index (κ1) is 35.4. The molecule has 10 atom stereocenters. The summed E-state index contributed by atoms with van der Waals surface area (Å²) in [6, 6.07) is 17.5. The maximum absolute atomic E-state index is 12.2. The molecule has 14 nitrogen and oxygen atoms in total. The Morgan fingerprint density at radius 1 is 0.622 bits per heavy atom. The van der Waals surface area contributed by atoms with E-state index in [0.29, 0.717) is 5.75 Å². The van der Waals surface area contributed by atoms with Gasteiger partial charge in [0.25, 0.3) is 0 Å². The van der Waals surface area contributed by atoms with Crippen LogP contribution in [0.3, 0.4) is 0 Å². The molecule has 0 bridgehead atoms. The Hall–Kier alpha value is -2.48. The molecule has 0 amide bonds. The zero-order chi connectivity index (χ0) is 32.3. The minimum Gasteiger partial charge on any atom is -0.462 e. The third-order valence-electron chi connectivity index (χ3n) is 6.84. The predicted octanol–water partition coefficient (Wildman–Crippen LogP) is -0.635. The molecule has 16 heteroatoms. The van der Waals surface area contributed by atoms with Gasteiger partial charge in [0, 0.05) is 0 Å². The lowest BCUT2D eigenvalue weighted by molar-refractivity contribution is -0.304. The van der Waals surface area contributed by atoms with Gasteiger partial charge in [0.15, 0.2) is 6.29 Å². The van der Waals surface area contributed by atoms with Gasteiger partial charge in [0.1, 0.15) is 79.3 Å². The Morgan fingerprint density at radius 3 is 1.62 bits per heavy atom. The van der Waals surface area contributed by atoms with Crippen LogP contribution in [-0.2, 0) is 39.9 Å². The Morgan fingerprint density at radius 2 is 1.09 bits per heavy atom.